The summed E-state index contributed by atoms with van der Waals surface area (Å²) in [5.74, 6) is 0.490. The van der Waals surface area contributed by atoms with E-state index < -0.39 is 0 Å². The number of benzene rings is 1. The number of H-pyrrole nitrogens is 2. The molecule has 39 heavy (non-hydrogen) atoms. The Bertz CT molecular complexity index is 1700. The molecule has 1 aliphatic carbocycles. The summed E-state index contributed by atoms with van der Waals surface area (Å²) in [5.41, 5.74) is 8.61. The van der Waals surface area contributed by atoms with Gasteiger partial charge in [-0.1, -0.05) is 69.0 Å². The number of pyridine rings is 2. The molecular weight excluding hydrogens is 485 g/mol. The van der Waals surface area contributed by atoms with Gasteiger partial charge in [-0.25, -0.2) is 9.37 Å². The Morgan fingerprint density at radius 1 is 1.05 bits per heavy atom. The van der Waals surface area contributed by atoms with Crippen LogP contribution in [-0.4, -0.2) is 25.1 Å². The van der Waals surface area contributed by atoms with E-state index in [1.807, 2.05) is 18.5 Å². The Labute approximate surface area is 227 Å². The Kier molecular flexibility index (Phi) is 6.93. The summed E-state index contributed by atoms with van der Waals surface area (Å²) in [6.07, 6.45) is 19.6. The second-order valence-electron chi connectivity index (χ2n) is 10.4. The van der Waals surface area contributed by atoms with Gasteiger partial charge in [0.05, 0.1) is 23.1 Å². The van der Waals surface area contributed by atoms with Crippen LogP contribution < -0.4 is 0 Å². The van der Waals surface area contributed by atoms with Gasteiger partial charge in [-0.05, 0) is 60.2 Å². The topological polar surface area (TPSA) is 70.2 Å². The van der Waals surface area contributed by atoms with Crippen LogP contribution in [-0.2, 0) is 0 Å². The number of fused-ring (bicyclic) bond motifs is 2. The summed E-state index contributed by atoms with van der Waals surface area (Å²) in [7, 11) is 0. The van der Waals surface area contributed by atoms with Crippen molar-refractivity contribution in [2.75, 3.05) is 0 Å². The number of hydrogen-bond acceptors (Lipinski definition) is 3. The molecule has 0 atom stereocenters. The second-order valence-corrected chi connectivity index (χ2v) is 10.4. The minimum atomic E-state index is -0.259. The van der Waals surface area contributed by atoms with E-state index in [-0.39, 0.29) is 5.82 Å². The van der Waals surface area contributed by atoms with E-state index in [9.17, 15) is 4.39 Å². The van der Waals surface area contributed by atoms with Crippen molar-refractivity contribution >= 4 is 27.5 Å². The molecule has 5 aromatic rings. The first-order chi connectivity index (χ1) is 19.1. The van der Waals surface area contributed by atoms with Crippen molar-refractivity contribution in [3.8, 4) is 22.5 Å². The van der Waals surface area contributed by atoms with Crippen molar-refractivity contribution in [1.82, 2.24) is 25.1 Å². The lowest BCUT2D eigenvalue weighted by Crippen LogP contribution is -2.06. The minimum absolute atomic E-state index is 0.259. The Morgan fingerprint density at radius 2 is 1.87 bits per heavy atom. The third-order valence-corrected chi connectivity index (χ3v) is 7.88. The Hall–Kier alpha value is -4.32. The lowest BCUT2D eigenvalue weighted by Gasteiger charge is -2.22. The van der Waals surface area contributed by atoms with Crippen LogP contribution in [0.4, 0.5) is 4.39 Å². The zero-order valence-corrected chi connectivity index (χ0v) is 22.2. The first-order valence-corrected chi connectivity index (χ1v) is 13.7. The lowest BCUT2D eigenvalue weighted by atomic mass is 9.84. The zero-order chi connectivity index (χ0) is 26.8. The van der Waals surface area contributed by atoms with Crippen LogP contribution in [0.2, 0.25) is 0 Å². The van der Waals surface area contributed by atoms with Crippen LogP contribution in [0, 0.1) is 11.7 Å². The number of nitrogens with zero attached hydrogens (tertiary/aromatic N) is 3. The van der Waals surface area contributed by atoms with Gasteiger partial charge in [-0.15, -0.1) is 0 Å². The van der Waals surface area contributed by atoms with Crippen LogP contribution in [0.5, 0.6) is 0 Å². The van der Waals surface area contributed by atoms with Gasteiger partial charge in [0.25, 0.3) is 0 Å². The highest BCUT2D eigenvalue weighted by molar-refractivity contribution is 6.00. The molecule has 1 fully saturated rings. The van der Waals surface area contributed by atoms with E-state index in [0.29, 0.717) is 5.65 Å². The molecule has 6 heteroatoms. The molecule has 1 saturated carbocycles. The van der Waals surface area contributed by atoms with E-state index in [2.05, 4.69) is 62.9 Å². The van der Waals surface area contributed by atoms with Gasteiger partial charge in [0.2, 0.25) is 0 Å². The maximum Gasteiger partial charge on any atom is 0.181 e. The van der Waals surface area contributed by atoms with Gasteiger partial charge < -0.3 is 4.98 Å². The molecule has 0 bridgehead atoms. The number of rotatable bonds is 7. The Balaban J connectivity index is 1.36. The molecule has 4 heterocycles. The van der Waals surface area contributed by atoms with Crippen LogP contribution in [0.15, 0.2) is 85.4 Å². The van der Waals surface area contributed by atoms with Crippen molar-refractivity contribution in [2.24, 2.45) is 5.92 Å². The summed E-state index contributed by atoms with van der Waals surface area (Å²) in [4.78, 5) is 12.6. The number of aromatic amines is 2. The minimum Gasteiger partial charge on any atom is -0.352 e. The van der Waals surface area contributed by atoms with Gasteiger partial charge in [0.15, 0.2) is 5.65 Å². The van der Waals surface area contributed by atoms with Crippen LogP contribution >= 0.6 is 0 Å². The molecule has 1 aliphatic rings. The van der Waals surface area contributed by atoms with E-state index in [1.165, 1.54) is 49.8 Å². The summed E-state index contributed by atoms with van der Waals surface area (Å²) >= 11 is 0. The average molecular weight is 518 g/mol. The largest absolute Gasteiger partial charge is 0.352 e. The third kappa shape index (κ3) is 5.07. The fourth-order valence-corrected chi connectivity index (χ4v) is 5.77. The van der Waals surface area contributed by atoms with E-state index >= 15 is 0 Å². The molecule has 0 amide bonds. The zero-order valence-electron chi connectivity index (χ0n) is 22.2. The van der Waals surface area contributed by atoms with Crippen molar-refractivity contribution in [1.29, 1.82) is 0 Å². The predicted molar refractivity (Wildman–Crippen MR) is 157 cm³/mol. The van der Waals surface area contributed by atoms with Crippen molar-refractivity contribution in [3.05, 3.63) is 96.7 Å². The molecule has 0 unspecified atom stereocenters. The number of allylic oxidation sites excluding steroid dienone is 5. The molecule has 0 aliphatic heterocycles. The van der Waals surface area contributed by atoms with Crippen molar-refractivity contribution in [2.45, 2.75) is 45.4 Å². The van der Waals surface area contributed by atoms with Gasteiger partial charge in [0.1, 0.15) is 5.82 Å². The second kappa shape index (κ2) is 10.8. The molecule has 0 radical (unpaired) electrons. The van der Waals surface area contributed by atoms with Crippen LogP contribution in [0.3, 0.4) is 0 Å². The first kappa shape index (κ1) is 25.0. The summed E-state index contributed by atoms with van der Waals surface area (Å²) < 4.78 is 13.5. The molecule has 4 aromatic heterocycles. The van der Waals surface area contributed by atoms with Gasteiger partial charge in [0, 0.05) is 34.3 Å². The van der Waals surface area contributed by atoms with Gasteiger partial charge >= 0.3 is 0 Å². The highest BCUT2D eigenvalue weighted by Gasteiger charge is 2.17. The maximum absolute atomic E-state index is 13.5. The molecule has 1 aromatic carbocycles. The smallest absolute Gasteiger partial charge is 0.181 e. The monoisotopic (exact) mass is 517 g/mol. The quantitative estimate of drug-likeness (QED) is 0.212. The first-order valence-electron chi connectivity index (χ1n) is 13.7. The normalized spacial score (nSPS) is 15.3. The van der Waals surface area contributed by atoms with Crippen LogP contribution in [0.1, 0.15) is 51.0 Å². The SMILES string of the molecule is C=C/C(=C\C(=C/C)c1cnc2n[nH]c(-c3cc4c(-c5ccc(F)cc5)cncc4[nH]3)c2c1)CC1CCCCC1. The fourth-order valence-electron chi connectivity index (χ4n) is 5.77. The van der Waals surface area contributed by atoms with Gasteiger partial charge in [-0.2, -0.15) is 5.10 Å². The van der Waals surface area contributed by atoms with Crippen LogP contribution in [0.25, 0.3) is 50.0 Å². The lowest BCUT2D eigenvalue weighted by molar-refractivity contribution is 0.358. The highest BCUT2D eigenvalue weighted by Crippen LogP contribution is 2.35. The van der Waals surface area contributed by atoms with E-state index in [0.717, 1.165) is 62.3 Å². The molecular formula is C33H32FN5. The van der Waals surface area contributed by atoms with E-state index in [1.54, 1.807) is 18.3 Å². The van der Waals surface area contributed by atoms with Gasteiger partial charge in [-0.3, -0.25) is 10.1 Å². The molecule has 6 rings (SSSR count). The maximum atomic E-state index is 13.5. The molecule has 196 valence electrons. The number of hydrogen-bond donors (Lipinski definition) is 2. The fraction of sp³-hybridized carbons (Fsp3) is 0.242. The Morgan fingerprint density at radius 3 is 2.64 bits per heavy atom. The number of halogens is 1. The number of nitrogens with one attached hydrogen (secondary N) is 2. The average Bonchev–Trinajstić information content (AvgIpc) is 3.60. The van der Waals surface area contributed by atoms with Crippen molar-refractivity contribution < 1.29 is 4.39 Å². The third-order valence-electron chi connectivity index (χ3n) is 7.88. The molecule has 2 N–H and O–H groups in total. The summed E-state index contributed by atoms with van der Waals surface area (Å²) in [6.45, 7) is 6.17. The standard InChI is InChI=1S/C33H32FN5/c1-3-21(14-22-8-6-5-7-9-22)15-23(4-2)25-16-28-32(38-39-33(28)36-18-25)30-17-27-29(19-35-20-31(27)37-30)24-10-12-26(34)13-11-24/h3-4,10-13,15-20,22,37H,1,5-9,14H2,2H3,(H,36,38,39)/b21-15+,23-4+. The number of aromatic nitrogens is 5. The van der Waals surface area contributed by atoms with Crippen molar-refractivity contribution in [3.63, 3.8) is 0 Å². The summed E-state index contributed by atoms with van der Waals surface area (Å²) in [6, 6.07) is 10.7. The molecule has 0 spiro atoms. The highest BCUT2D eigenvalue weighted by atomic mass is 19.1. The predicted octanol–water partition coefficient (Wildman–Crippen LogP) is 8.79. The summed E-state index contributed by atoms with van der Waals surface area (Å²) in [5, 5.41) is 9.60. The van der Waals surface area contributed by atoms with E-state index in [4.69, 9.17) is 0 Å². The molecule has 5 nitrogen and oxygen atoms in total. The molecule has 0 saturated heterocycles.